The fraction of sp³-hybridized carbons (Fsp3) is 0.619. The van der Waals surface area contributed by atoms with Crippen LogP contribution in [0.5, 0.6) is 5.75 Å². The maximum atomic E-state index is 12.1. The Balaban J connectivity index is 2.43. The van der Waals surface area contributed by atoms with Crippen LogP contribution in [0.2, 0.25) is 0 Å². The van der Waals surface area contributed by atoms with Gasteiger partial charge in [-0.2, -0.15) is 0 Å². The monoisotopic (exact) mass is 392 g/mol. The first kappa shape index (κ1) is 23.8. The number of amides is 1. The Bertz CT molecular complexity index is 588. The highest BCUT2D eigenvalue weighted by Crippen LogP contribution is 2.11. The van der Waals surface area contributed by atoms with Gasteiger partial charge in [-0.3, -0.25) is 4.79 Å². The van der Waals surface area contributed by atoms with E-state index in [1.54, 1.807) is 7.11 Å². The van der Waals surface area contributed by atoms with Crippen molar-refractivity contribution in [1.29, 1.82) is 0 Å². The molecule has 7 nitrogen and oxygen atoms in total. The van der Waals surface area contributed by atoms with Crippen molar-refractivity contribution < 1.29 is 14.3 Å². The van der Waals surface area contributed by atoms with Crippen LogP contribution in [-0.2, 0) is 16.1 Å². The number of rotatable bonds is 12. The van der Waals surface area contributed by atoms with E-state index in [0.29, 0.717) is 25.0 Å². The van der Waals surface area contributed by atoms with Crippen molar-refractivity contribution in [2.24, 2.45) is 10.9 Å². The number of methoxy groups -OCH3 is 1. The molecule has 0 saturated heterocycles. The van der Waals surface area contributed by atoms with E-state index < -0.39 is 0 Å². The van der Waals surface area contributed by atoms with Gasteiger partial charge in [0.2, 0.25) is 5.91 Å². The third-order valence-corrected chi connectivity index (χ3v) is 4.22. The smallest absolute Gasteiger partial charge is 0.242 e. The number of carbonyl (C=O) groups is 1. The molecule has 0 spiro atoms. The van der Waals surface area contributed by atoms with E-state index >= 15 is 0 Å². The fourth-order valence-electron chi connectivity index (χ4n) is 2.65. The second-order valence-electron chi connectivity index (χ2n) is 6.77. The molecule has 0 aliphatic carbocycles. The molecular weight excluding hydrogens is 356 g/mol. The molecule has 0 aliphatic rings. The molecule has 0 fully saturated rings. The summed E-state index contributed by atoms with van der Waals surface area (Å²) < 4.78 is 10.9. The Morgan fingerprint density at radius 2 is 1.82 bits per heavy atom. The largest absolute Gasteiger partial charge is 0.497 e. The van der Waals surface area contributed by atoms with Crippen LogP contribution in [0.25, 0.3) is 0 Å². The van der Waals surface area contributed by atoms with Gasteiger partial charge >= 0.3 is 0 Å². The molecule has 28 heavy (non-hydrogen) atoms. The molecule has 0 aromatic heterocycles. The maximum Gasteiger partial charge on any atom is 0.242 e. The molecule has 0 bridgehead atoms. The van der Waals surface area contributed by atoms with Crippen LogP contribution in [0.15, 0.2) is 29.3 Å². The molecule has 1 aromatic rings. The second-order valence-corrected chi connectivity index (χ2v) is 6.77. The molecule has 0 heterocycles. The van der Waals surface area contributed by atoms with Crippen LogP contribution in [0, 0.1) is 5.92 Å². The summed E-state index contributed by atoms with van der Waals surface area (Å²) in [4.78, 5) is 16.4. The minimum absolute atomic E-state index is 0.0740. The number of nitrogens with one attached hydrogen (secondary N) is 3. The molecule has 1 amide bonds. The molecule has 1 unspecified atom stereocenters. The number of hydrogen-bond donors (Lipinski definition) is 3. The summed E-state index contributed by atoms with van der Waals surface area (Å²) >= 11 is 0. The summed E-state index contributed by atoms with van der Waals surface area (Å²) in [6.07, 6.45) is 1.10. The molecule has 1 aromatic carbocycles. The molecular formula is C21H36N4O3. The van der Waals surface area contributed by atoms with Crippen molar-refractivity contribution in [3.63, 3.8) is 0 Å². The summed E-state index contributed by atoms with van der Waals surface area (Å²) in [5.74, 6) is 1.78. The molecule has 3 N–H and O–H groups in total. The first-order valence-corrected chi connectivity index (χ1v) is 10.0. The Hall–Kier alpha value is -2.28. The number of ether oxygens (including phenoxy) is 2. The van der Waals surface area contributed by atoms with Crippen LogP contribution in [0.1, 0.15) is 39.7 Å². The van der Waals surface area contributed by atoms with Crippen molar-refractivity contribution in [2.75, 3.05) is 33.4 Å². The summed E-state index contributed by atoms with van der Waals surface area (Å²) in [6.45, 7) is 11.1. The first-order valence-electron chi connectivity index (χ1n) is 10.0. The minimum atomic E-state index is -0.123. The quantitative estimate of drug-likeness (QED) is 0.376. The lowest BCUT2D eigenvalue weighted by Crippen LogP contribution is -2.40. The lowest BCUT2D eigenvalue weighted by molar-refractivity contribution is -0.119. The van der Waals surface area contributed by atoms with Crippen molar-refractivity contribution >= 4 is 11.9 Å². The number of nitrogens with zero attached hydrogens (tertiary/aromatic N) is 1. The maximum absolute atomic E-state index is 12.1. The third kappa shape index (κ3) is 9.60. The van der Waals surface area contributed by atoms with E-state index in [-0.39, 0.29) is 18.6 Å². The van der Waals surface area contributed by atoms with Gasteiger partial charge in [0.05, 0.1) is 13.2 Å². The van der Waals surface area contributed by atoms with Gasteiger partial charge in [-0.05, 0) is 43.9 Å². The van der Waals surface area contributed by atoms with Gasteiger partial charge < -0.3 is 25.4 Å². The van der Waals surface area contributed by atoms with E-state index in [1.165, 1.54) is 0 Å². The van der Waals surface area contributed by atoms with Gasteiger partial charge in [-0.1, -0.05) is 26.0 Å². The summed E-state index contributed by atoms with van der Waals surface area (Å²) in [5.41, 5.74) is 1.01. The molecule has 1 atom stereocenters. The zero-order valence-corrected chi connectivity index (χ0v) is 17.9. The van der Waals surface area contributed by atoms with Crippen LogP contribution in [0.3, 0.4) is 0 Å². The van der Waals surface area contributed by atoms with Gasteiger partial charge in [0.1, 0.15) is 12.3 Å². The van der Waals surface area contributed by atoms with E-state index in [4.69, 9.17) is 9.47 Å². The topological polar surface area (TPSA) is 84.0 Å². The van der Waals surface area contributed by atoms with Crippen molar-refractivity contribution in [3.05, 3.63) is 29.8 Å². The number of guanidine groups is 1. The van der Waals surface area contributed by atoms with E-state index in [0.717, 1.165) is 30.8 Å². The standard InChI is InChI=1S/C21H36N4O3/c1-6-22-21(23-13-12-19(16(3)4)28-7-2)25-15-20(26)24-14-17-8-10-18(27-5)11-9-17/h8-11,16,19H,6-7,12-15H2,1-5H3,(H,24,26)(H2,22,23,25). The molecule has 0 radical (unpaired) electrons. The summed E-state index contributed by atoms with van der Waals surface area (Å²) in [5, 5.41) is 9.31. The number of aliphatic imine (C=N–C) groups is 1. The lowest BCUT2D eigenvalue weighted by atomic mass is 10.0. The van der Waals surface area contributed by atoms with E-state index in [2.05, 4.69) is 34.8 Å². The second kappa shape index (κ2) is 13.8. The van der Waals surface area contributed by atoms with Crippen LogP contribution in [-0.4, -0.2) is 51.3 Å². The van der Waals surface area contributed by atoms with Gasteiger partial charge in [0.15, 0.2) is 5.96 Å². The number of carbonyl (C=O) groups excluding carboxylic acids is 1. The van der Waals surface area contributed by atoms with Crippen molar-refractivity contribution in [3.8, 4) is 5.75 Å². The lowest BCUT2D eigenvalue weighted by Gasteiger charge is -2.21. The molecule has 158 valence electrons. The number of benzene rings is 1. The normalized spacial score (nSPS) is 12.6. The van der Waals surface area contributed by atoms with Gasteiger partial charge in [-0.25, -0.2) is 4.99 Å². The number of hydrogen-bond acceptors (Lipinski definition) is 4. The van der Waals surface area contributed by atoms with Crippen LogP contribution < -0.4 is 20.7 Å². The van der Waals surface area contributed by atoms with Gasteiger partial charge in [0, 0.05) is 26.2 Å². The molecule has 0 aliphatic heterocycles. The Labute approximate surface area is 169 Å². The molecule has 1 rings (SSSR count). The highest BCUT2D eigenvalue weighted by Gasteiger charge is 2.13. The molecule has 0 saturated carbocycles. The predicted molar refractivity (Wildman–Crippen MR) is 114 cm³/mol. The predicted octanol–water partition coefficient (Wildman–Crippen LogP) is 2.32. The summed E-state index contributed by atoms with van der Waals surface area (Å²) in [7, 11) is 1.63. The Morgan fingerprint density at radius 3 is 2.39 bits per heavy atom. The van der Waals surface area contributed by atoms with Crippen LogP contribution >= 0.6 is 0 Å². The van der Waals surface area contributed by atoms with E-state index in [9.17, 15) is 4.79 Å². The average Bonchev–Trinajstić information content (AvgIpc) is 2.69. The fourth-order valence-corrected chi connectivity index (χ4v) is 2.65. The average molecular weight is 393 g/mol. The van der Waals surface area contributed by atoms with Gasteiger partial charge in [0.25, 0.3) is 0 Å². The van der Waals surface area contributed by atoms with Crippen molar-refractivity contribution in [2.45, 2.75) is 46.8 Å². The van der Waals surface area contributed by atoms with Crippen molar-refractivity contribution in [1.82, 2.24) is 16.0 Å². The zero-order valence-electron chi connectivity index (χ0n) is 17.9. The summed E-state index contributed by atoms with van der Waals surface area (Å²) in [6, 6.07) is 7.61. The first-order chi connectivity index (χ1) is 13.5. The molecule has 7 heteroatoms. The Kier molecular flexibility index (Phi) is 11.7. The third-order valence-electron chi connectivity index (χ3n) is 4.22. The highest BCUT2D eigenvalue weighted by molar-refractivity contribution is 5.84. The van der Waals surface area contributed by atoms with Crippen LogP contribution in [0.4, 0.5) is 0 Å². The minimum Gasteiger partial charge on any atom is -0.497 e. The SMILES string of the molecule is CCNC(=NCC(=O)NCc1ccc(OC)cc1)NCCC(OCC)C(C)C. The highest BCUT2D eigenvalue weighted by atomic mass is 16.5. The van der Waals surface area contributed by atoms with E-state index in [1.807, 2.05) is 38.1 Å². The zero-order chi connectivity index (χ0) is 20.8. The Morgan fingerprint density at radius 1 is 1.11 bits per heavy atom. The van der Waals surface area contributed by atoms with Gasteiger partial charge in [-0.15, -0.1) is 0 Å².